The molecule has 0 radical (unpaired) electrons. The second kappa shape index (κ2) is 5.43. The highest BCUT2D eigenvalue weighted by atomic mass is 32.2. The maximum absolute atomic E-state index is 14.3. The lowest BCUT2D eigenvalue weighted by atomic mass is 10.1. The van der Waals surface area contributed by atoms with Crippen LogP contribution in [0.3, 0.4) is 0 Å². The molecule has 1 amide bonds. The van der Waals surface area contributed by atoms with Crippen molar-refractivity contribution in [3.63, 3.8) is 0 Å². The number of amides is 1. The van der Waals surface area contributed by atoms with Crippen LogP contribution in [0.4, 0.5) is 19.4 Å². The Balaban J connectivity index is 1.89. The molecule has 6 nitrogen and oxygen atoms in total. The number of rotatable bonds is 2. The molecule has 2 saturated heterocycles. The molecule has 1 aromatic heterocycles. The van der Waals surface area contributed by atoms with E-state index in [0.29, 0.717) is 19.0 Å². The minimum atomic E-state index is -1.16. The molecular weight excluding hydrogens is 330 g/mol. The fraction of sp³-hybridized carbons (Fsp3) is 0.429. The molecule has 23 heavy (non-hydrogen) atoms. The van der Waals surface area contributed by atoms with Gasteiger partial charge in [0.15, 0.2) is 17.9 Å². The summed E-state index contributed by atoms with van der Waals surface area (Å²) in [4.78, 5) is 13.4. The fourth-order valence-electron chi connectivity index (χ4n) is 2.72. The molecule has 3 heterocycles. The smallest absolute Gasteiger partial charge is 0.287 e. The van der Waals surface area contributed by atoms with E-state index in [1.54, 1.807) is 0 Å². The minimum Gasteiger partial charge on any atom is -0.351 e. The van der Waals surface area contributed by atoms with Gasteiger partial charge in [0.2, 0.25) is 11.4 Å². The van der Waals surface area contributed by atoms with Crippen LogP contribution in [0.5, 0.6) is 0 Å². The Bertz CT molecular complexity index is 791. The molecule has 2 aliphatic rings. The lowest BCUT2D eigenvalue weighted by Gasteiger charge is -2.17. The summed E-state index contributed by atoms with van der Waals surface area (Å²) in [5, 5.41) is 3.80. The monoisotopic (exact) mass is 342 g/mol. The first-order chi connectivity index (χ1) is 11.1. The summed E-state index contributed by atoms with van der Waals surface area (Å²) in [5.74, 6) is -1.48. The lowest BCUT2D eigenvalue weighted by molar-refractivity contribution is -0.0467. The maximum atomic E-state index is 14.3. The summed E-state index contributed by atoms with van der Waals surface area (Å²) in [7, 11) is 0. The summed E-state index contributed by atoms with van der Waals surface area (Å²) in [6.45, 7) is 2.46. The Morgan fingerprint density at radius 3 is 2.70 bits per heavy atom. The number of hydrogen-bond acceptors (Lipinski definition) is 6. The number of aromatic nitrogens is 1. The number of fused-ring (bicyclic) bond motifs is 1. The largest absolute Gasteiger partial charge is 0.351 e. The van der Waals surface area contributed by atoms with Gasteiger partial charge in [0.25, 0.3) is 5.24 Å². The van der Waals surface area contributed by atoms with E-state index < -0.39 is 17.9 Å². The highest BCUT2D eigenvalue weighted by Crippen LogP contribution is 2.38. The number of anilines is 1. The Morgan fingerprint density at radius 2 is 2.04 bits per heavy atom. The third kappa shape index (κ3) is 2.22. The predicted molar refractivity (Wildman–Crippen MR) is 78.4 cm³/mol. The van der Waals surface area contributed by atoms with Crippen LogP contribution in [0, 0.1) is 11.6 Å². The molecule has 0 aliphatic carbocycles. The number of thioether (sulfide) groups is 1. The van der Waals surface area contributed by atoms with Gasteiger partial charge >= 0.3 is 0 Å². The first kappa shape index (κ1) is 14.9. The second-order valence-corrected chi connectivity index (χ2v) is 6.32. The van der Waals surface area contributed by atoms with Gasteiger partial charge in [-0.2, -0.15) is 4.39 Å². The standard InChI is InChI=1S/C14H12F2N2O4S/c1-6-5-23-14(19)18(6)12-8-4-7(13-20-2-3-21-13)9(15)10(16)11(8)22-17-12/h4,6,13H,2-3,5H2,1H3/t6-/m1/s1. The van der Waals surface area contributed by atoms with Gasteiger partial charge in [0.1, 0.15) is 0 Å². The number of nitrogens with zero attached hydrogens (tertiary/aromatic N) is 2. The van der Waals surface area contributed by atoms with E-state index in [9.17, 15) is 13.6 Å². The van der Waals surface area contributed by atoms with Crippen molar-refractivity contribution < 1.29 is 27.6 Å². The Kier molecular flexibility index (Phi) is 3.51. The van der Waals surface area contributed by atoms with Gasteiger partial charge in [0, 0.05) is 17.4 Å². The van der Waals surface area contributed by atoms with E-state index in [2.05, 4.69) is 5.16 Å². The number of benzene rings is 1. The fourth-order valence-corrected chi connectivity index (χ4v) is 3.66. The summed E-state index contributed by atoms with van der Waals surface area (Å²) in [5.41, 5.74) is -0.389. The van der Waals surface area contributed by atoms with Crippen molar-refractivity contribution in [2.45, 2.75) is 19.3 Å². The first-order valence-corrected chi connectivity index (χ1v) is 8.03. The summed E-state index contributed by atoms with van der Waals surface area (Å²) >= 11 is 1.15. The molecule has 2 aliphatic heterocycles. The van der Waals surface area contributed by atoms with Crippen LogP contribution >= 0.6 is 11.8 Å². The third-order valence-corrected chi connectivity index (χ3v) is 4.94. The Morgan fingerprint density at radius 1 is 1.30 bits per heavy atom. The van der Waals surface area contributed by atoms with Gasteiger partial charge in [-0.25, -0.2) is 4.39 Å². The van der Waals surface area contributed by atoms with Crippen molar-refractivity contribution in [1.82, 2.24) is 5.16 Å². The molecule has 1 atom stereocenters. The maximum Gasteiger partial charge on any atom is 0.287 e. The molecule has 0 unspecified atom stereocenters. The predicted octanol–water partition coefficient (Wildman–Crippen LogP) is 3.21. The van der Waals surface area contributed by atoms with Crippen molar-refractivity contribution >= 4 is 33.8 Å². The van der Waals surface area contributed by atoms with Gasteiger partial charge in [0.05, 0.1) is 18.6 Å². The van der Waals surface area contributed by atoms with Crippen molar-refractivity contribution in [2.24, 2.45) is 0 Å². The van der Waals surface area contributed by atoms with E-state index in [1.807, 2.05) is 6.92 Å². The van der Waals surface area contributed by atoms with Crippen LogP contribution in [0.15, 0.2) is 10.6 Å². The van der Waals surface area contributed by atoms with Crippen LogP contribution in [-0.2, 0) is 9.47 Å². The van der Waals surface area contributed by atoms with Crippen molar-refractivity contribution in [2.75, 3.05) is 23.9 Å². The second-order valence-electron chi connectivity index (χ2n) is 5.35. The molecule has 2 aromatic rings. The summed E-state index contributed by atoms with van der Waals surface area (Å²) < 4.78 is 43.9. The van der Waals surface area contributed by atoms with E-state index >= 15 is 0 Å². The number of carbonyl (C=O) groups is 1. The lowest BCUT2D eigenvalue weighted by Crippen LogP contribution is -2.30. The summed E-state index contributed by atoms with van der Waals surface area (Å²) in [6.07, 6.45) is -0.974. The molecule has 2 fully saturated rings. The zero-order chi connectivity index (χ0) is 16.1. The normalized spacial score (nSPS) is 22.7. The highest BCUT2D eigenvalue weighted by Gasteiger charge is 2.35. The molecular formula is C14H12F2N2O4S. The van der Waals surface area contributed by atoms with E-state index in [4.69, 9.17) is 14.0 Å². The highest BCUT2D eigenvalue weighted by molar-refractivity contribution is 8.14. The van der Waals surface area contributed by atoms with Crippen LogP contribution in [0.1, 0.15) is 18.8 Å². The quantitative estimate of drug-likeness (QED) is 0.835. The van der Waals surface area contributed by atoms with Crippen molar-refractivity contribution in [1.29, 1.82) is 0 Å². The average molecular weight is 342 g/mol. The molecule has 0 saturated carbocycles. The minimum absolute atomic E-state index is 0.0658. The third-order valence-electron chi connectivity index (χ3n) is 3.84. The van der Waals surface area contributed by atoms with Gasteiger partial charge in [-0.1, -0.05) is 16.9 Å². The molecule has 122 valence electrons. The van der Waals surface area contributed by atoms with Crippen molar-refractivity contribution in [3.8, 4) is 0 Å². The first-order valence-electron chi connectivity index (χ1n) is 7.04. The zero-order valence-corrected chi connectivity index (χ0v) is 12.9. The Hall–Kier alpha value is -1.71. The van der Waals surface area contributed by atoms with Crippen LogP contribution in [0.25, 0.3) is 11.0 Å². The molecule has 9 heteroatoms. The number of ether oxygens (including phenoxy) is 2. The molecule has 4 rings (SSSR count). The SMILES string of the molecule is C[C@@H]1CSC(=O)N1c1noc2c(F)c(F)c(C3OCCO3)cc12. The molecule has 0 N–H and O–H groups in total. The molecule has 0 spiro atoms. The van der Waals surface area contributed by atoms with Gasteiger partial charge in [-0.15, -0.1) is 0 Å². The van der Waals surface area contributed by atoms with Crippen molar-refractivity contribution in [3.05, 3.63) is 23.3 Å². The van der Waals surface area contributed by atoms with Gasteiger partial charge < -0.3 is 14.0 Å². The number of hydrogen-bond donors (Lipinski definition) is 0. The van der Waals surface area contributed by atoms with E-state index in [0.717, 1.165) is 11.8 Å². The number of carbonyl (C=O) groups excluding carboxylic acids is 1. The van der Waals surface area contributed by atoms with E-state index in [-0.39, 0.29) is 33.6 Å². The molecule has 1 aromatic carbocycles. The van der Waals surface area contributed by atoms with Crippen LogP contribution in [0.2, 0.25) is 0 Å². The molecule has 0 bridgehead atoms. The zero-order valence-electron chi connectivity index (χ0n) is 12.0. The average Bonchev–Trinajstić information content (AvgIpc) is 3.24. The van der Waals surface area contributed by atoms with Crippen LogP contribution in [-0.4, -0.2) is 35.4 Å². The van der Waals surface area contributed by atoms with Gasteiger partial charge in [-0.3, -0.25) is 9.69 Å². The van der Waals surface area contributed by atoms with Gasteiger partial charge in [-0.05, 0) is 13.0 Å². The Labute approximate surface area is 133 Å². The number of halogens is 2. The summed E-state index contributed by atoms with van der Waals surface area (Å²) in [6, 6.07) is 1.26. The van der Waals surface area contributed by atoms with E-state index in [1.165, 1.54) is 11.0 Å². The topological polar surface area (TPSA) is 64.8 Å². The van der Waals surface area contributed by atoms with Crippen LogP contribution < -0.4 is 4.90 Å².